The molecule has 2 aliphatic heterocycles. The molecule has 6 nitrogen and oxygen atoms in total. The summed E-state index contributed by atoms with van der Waals surface area (Å²) in [6, 6.07) is 8.80. The number of anilines is 1. The molecule has 0 spiro atoms. The summed E-state index contributed by atoms with van der Waals surface area (Å²) in [5.74, 6) is 0.414. The third kappa shape index (κ3) is 5.46. The van der Waals surface area contributed by atoms with Gasteiger partial charge in [0.05, 0.1) is 11.8 Å². The number of alkyl halides is 3. The molecule has 0 bridgehead atoms. The van der Waals surface area contributed by atoms with Gasteiger partial charge in [0.25, 0.3) is 5.91 Å². The molecular formula is C22H25F3N4O2. The van der Waals surface area contributed by atoms with Crippen LogP contribution in [0.1, 0.15) is 35.3 Å². The molecule has 0 saturated carbocycles. The molecule has 2 aromatic rings. The number of halogens is 3. The molecule has 0 radical (unpaired) electrons. The van der Waals surface area contributed by atoms with Gasteiger partial charge in [-0.3, -0.25) is 4.79 Å². The first-order valence-corrected chi connectivity index (χ1v) is 10.4. The van der Waals surface area contributed by atoms with E-state index in [0.717, 1.165) is 50.2 Å². The van der Waals surface area contributed by atoms with Crippen LogP contribution in [0.5, 0.6) is 5.75 Å². The predicted molar refractivity (Wildman–Crippen MR) is 110 cm³/mol. The standard InChI is InChI=1S/C22H25F3N4O2/c23-22(24,25)15-1-3-17(4-2-15)29-11-8-18(9-12-29)31-19-5-6-20(27-14-19)21(30)28-16-7-10-26-13-16/h1-6,14,16,18,26H,7-13H2,(H,28,30)/t16-/m0/s1. The third-order valence-corrected chi connectivity index (χ3v) is 5.67. The van der Waals surface area contributed by atoms with Gasteiger partial charge in [-0.05, 0) is 49.4 Å². The van der Waals surface area contributed by atoms with Crippen LogP contribution in [0.15, 0.2) is 42.6 Å². The van der Waals surface area contributed by atoms with E-state index in [-0.39, 0.29) is 18.1 Å². The van der Waals surface area contributed by atoms with Gasteiger partial charge in [-0.2, -0.15) is 13.2 Å². The Labute approximate surface area is 178 Å². The van der Waals surface area contributed by atoms with Crippen LogP contribution in [0.4, 0.5) is 18.9 Å². The number of carbonyl (C=O) groups excluding carboxylic acids is 1. The molecule has 2 fully saturated rings. The zero-order chi connectivity index (χ0) is 21.8. The lowest BCUT2D eigenvalue weighted by atomic mass is 10.1. The first-order valence-electron chi connectivity index (χ1n) is 10.4. The predicted octanol–water partition coefficient (Wildman–Crippen LogP) is 3.24. The maximum Gasteiger partial charge on any atom is 0.416 e. The largest absolute Gasteiger partial charge is 0.489 e. The Hall–Kier alpha value is -2.81. The highest BCUT2D eigenvalue weighted by molar-refractivity contribution is 5.92. The lowest BCUT2D eigenvalue weighted by molar-refractivity contribution is -0.137. The van der Waals surface area contributed by atoms with Crippen molar-refractivity contribution in [2.45, 2.75) is 37.6 Å². The van der Waals surface area contributed by atoms with E-state index >= 15 is 0 Å². The van der Waals surface area contributed by atoms with Gasteiger partial charge in [0.15, 0.2) is 0 Å². The van der Waals surface area contributed by atoms with Crippen LogP contribution in [0.25, 0.3) is 0 Å². The van der Waals surface area contributed by atoms with Crippen molar-refractivity contribution in [3.8, 4) is 5.75 Å². The Kier molecular flexibility index (Phi) is 6.31. The second kappa shape index (κ2) is 9.13. The zero-order valence-electron chi connectivity index (χ0n) is 17.0. The normalized spacial score (nSPS) is 20.0. The van der Waals surface area contributed by atoms with Crippen molar-refractivity contribution in [3.63, 3.8) is 0 Å². The average Bonchev–Trinajstić information content (AvgIpc) is 3.27. The van der Waals surface area contributed by atoms with Crippen molar-refractivity contribution in [1.82, 2.24) is 15.6 Å². The molecule has 0 aliphatic carbocycles. The van der Waals surface area contributed by atoms with Crippen LogP contribution in [-0.2, 0) is 6.18 Å². The number of benzene rings is 1. The van der Waals surface area contributed by atoms with E-state index in [1.807, 2.05) is 0 Å². The van der Waals surface area contributed by atoms with Gasteiger partial charge in [0.2, 0.25) is 0 Å². The van der Waals surface area contributed by atoms with Crippen LogP contribution >= 0.6 is 0 Å². The second-order valence-corrected chi connectivity index (χ2v) is 7.89. The number of nitrogens with one attached hydrogen (secondary N) is 2. The van der Waals surface area contributed by atoms with Crippen molar-refractivity contribution in [1.29, 1.82) is 0 Å². The highest BCUT2D eigenvalue weighted by Gasteiger charge is 2.30. The van der Waals surface area contributed by atoms with Crippen molar-refractivity contribution >= 4 is 11.6 Å². The van der Waals surface area contributed by atoms with Gasteiger partial charge in [-0.1, -0.05) is 0 Å². The molecule has 31 heavy (non-hydrogen) atoms. The maximum absolute atomic E-state index is 12.7. The molecule has 2 aliphatic rings. The number of pyridine rings is 1. The van der Waals surface area contributed by atoms with Crippen LogP contribution in [0, 0.1) is 0 Å². The molecule has 1 aromatic heterocycles. The van der Waals surface area contributed by atoms with Crippen molar-refractivity contribution in [3.05, 3.63) is 53.9 Å². The summed E-state index contributed by atoms with van der Waals surface area (Å²) in [7, 11) is 0. The minimum absolute atomic E-state index is 0.00302. The van der Waals surface area contributed by atoms with Gasteiger partial charge in [-0.25, -0.2) is 4.98 Å². The summed E-state index contributed by atoms with van der Waals surface area (Å²) in [4.78, 5) is 18.5. The quantitative estimate of drug-likeness (QED) is 0.757. The van der Waals surface area contributed by atoms with Gasteiger partial charge < -0.3 is 20.3 Å². The molecule has 1 amide bonds. The highest BCUT2D eigenvalue weighted by atomic mass is 19.4. The Bertz CT molecular complexity index is 873. The smallest absolute Gasteiger partial charge is 0.416 e. The number of piperidine rings is 1. The summed E-state index contributed by atoms with van der Waals surface area (Å²) in [5.41, 5.74) is 0.497. The van der Waals surface area contributed by atoms with Gasteiger partial charge in [0, 0.05) is 44.2 Å². The SMILES string of the molecule is O=C(N[C@H]1CCNC1)c1ccc(OC2CCN(c3ccc(C(F)(F)F)cc3)CC2)cn1. The minimum Gasteiger partial charge on any atom is -0.489 e. The molecule has 1 atom stereocenters. The van der Waals surface area contributed by atoms with Crippen LogP contribution in [0.2, 0.25) is 0 Å². The van der Waals surface area contributed by atoms with E-state index in [2.05, 4.69) is 20.5 Å². The summed E-state index contributed by atoms with van der Waals surface area (Å²) < 4.78 is 44.2. The topological polar surface area (TPSA) is 66.5 Å². The maximum atomic E-state index is 12.7. The number of rotatable bonds is 5. The molecule has 166 valence electrons. The van der Waals surface area contributed by atoms with Gasteiger partial charge in [-0.15, -0.1) is 0 Å². The number of carbonyl (C=O) groups is 1. The molecular weight excluding hydrogens is 409 g/mol. The minimum atomic E-state index is -4.32. The molecule has 9 heteroatoms. The first-order chi connectivity index (χ1) is 14.9. The average molecular weight is 434 g/mol. The number of hydrogen-bond acceptors (Lipinski definition) is 5. The monoisotopic (exact) mass is 434 g/mol. The Balaban J connectivity index is 1.26. The van der Waals surface area contributed by atoms with Gasteiger partial charge in [0.1, 0.15) is 17.5 Å². The van der Waals surface area contributed by atoms with Crippen molar-refractivity contribution < 1.29 is 22.7 Å². The molecule has 3 heterocycles. The molecule has 2 N–H and O–H groups in total. The van der Waals surface area contributed by atoms with E-state index in [0.29, 0.717) is 24.5 Å². The number of ether oxygens (including phenoxy) is 1. The summed E-state index contributed by atoms with van der Waals surface area (Å²) in [6.07, 6.45) is -0.355. The van der Waals surface area contributed by atoms with E-state index in [1.54, 1.807) is 18.3 Å². The molecule has 2 saturated heterocycles. The fraction of sp³-hybridized carbons (Fsp3) is 0.455. The van der Waals surface area contributed by atoms with Crippen LogP contribution in [0.3, 0.4) is 0 Å². The van der Waals surface area contributed by atoms with E-state index in [1.165, 1.54) is 12.1 Å². The Morgan fingerprint density at radius 3 is 2.42 bits per heavy atom. The van der Waals surface area contributed by atoms with Crippen LogP contribution in [-0.4, -0.2) is 49.2 Å². The van der Waals surface area contributed by atoms with E-state index in [9.17, 15) is 18.0 Å². The number of hydrogen-bond donors (Lipinski definition) is 2. The van der Waals surface area contributed by atoms with Gasteiger partial charge >= 0.3 is 6.18 Å². The summed E-state index contributed by atoms with van der Waals surface area (Å²) in [6.45, 7) is 3.07. The third-order valence-electron chi connectivity index (χ3n) is 5.67. The lowest BCUT2D eigenvalue weighted by Crippen LogP contribution is -2.38. The highest BCUT2D eigenvalue weighted by Crippen LogP contribution is 2.31. The van der Waals surface area contributed by atoms with E-state index < -0.39 is 11.7 Å². The number of aromatic nitrogens is 1. The summed E-state index contributed by atoms with van der Waals surface area (Å²) in [5, 5.41) is 6.16. The fourth-order valence-electron chi connectivity index (χ4n) is 3.91. The van der Waals surface area contributed by atoms with Crippen molar-refractivity contribution in [2.75, 3.05) is 31.1 Å². The Morgan fingerprint density at radius 2 is 1.84 bits per heavy atom. The number of amides is 1. The second-order valence-electron chi connectivity index (χ2n) is 7.89. The molecule has 4 rings (SSSR count). The van der Waals surface area contributed by atoms with Crippen LogP contribution < -0.4 is 20.3 Å². The molecule has 0 unspecified atom stereocenters. The zero-order valence-corrected chi connectivity index (χ0v) is 17.0. The molecule has 1 aromatic carbocycles. The van der Waals surface area contributed by atoms with E-state index in [4.69, 9.17) is 4.74 Å². The first kappa shape index (κ1) is 21.4. The number of nitrogens with zero attached hydrogens (tertiary/aromatic N) is 2. The fourth-order valence-corrected chi connectivity index (χ4v) is 3.91. The summed E-state index contributed by atoms with van der Waals surface area (Å²) >= 11 is 0. The Morgan fingerprint density at radius 1 is 1.10 bits per heavy atom. The lowest BCUT2D eigenvalue weighted by Gasteiger charge is -2.33. The van der Waals surface area contributed by atoms with Crippen molar-refractivity contribution in [2.24, 2.45) is 0 Å².